The van der Waals surface area contributed by atoms with Crippen molar-refractivity contribution < 1.29 is 35.5 Å². The predicted octanol–water partition coefficient (Wildman–Crippen LogP) is 5.94. The molecule has 2 aliphatic rings. The molecule has 0 aliphatic heterocycles. The minimum absolute atomic E-state index is 0.108. The molecule has 0 saturated carbocycles. The van der Waals surface area contributed by atoms with Crippen LogP contribution in [0.1, 0.15) is 121 Å². The molecule has 0 unspecified atom stereocenters. The van der Waals surface area contributed by atoms with Crippen molar-refractivity contribution >= 4 is 54.7 Å². The van der Waals surface area contributed by atoms with Crippen LogP contribution in [-0.4, -0.2) is 70.4 Å². The number of unbranched alkanes of at least 4 members (excludes halogenated alkanes) is 7. The first-order valence-electron chi connectivity index (χ1n) is 17.8. The number of carbonyl (C=O) groups is 2. The summed E-state index contributed by atoms with van der Waals surface area (Å²) in [5, 5.41) is 15.2. The van der Waals surface area contributed by atoms with Gasteiger partial charge in [-0.3, -0.25) is 28.1 Å². The smallest absolute Gasteiger partial charge is 0.304 e. The third-order valence-corrected chi connectivity index (χ3v) is 14.4. The summed E-state index contributed by atoms with van der Waals surface area (Å²) >= 11 is 2.01. The summed E-state index contributed by atoms with van der Waals surface area (Å²) in [5.41, 5.74) is 5.31. The van der Waals surface area contributed by atoms with E-state index in [1.165, 1.54) is 12.1 Å². The molecule has 282 valence electrons. The van der Waals surface area contributed by atoms with Crippen LogP contribution in [0.5, 0.6) is 0 Å². The highest BCUT2D eigenvalue weighted by Crippen LogP contribution is 2.46. The molecule has 2 amide bonds. The first kappa shape index (κ1) is 38.3. The number of amides is 2. The molecule has 0 atom stereocenters. The summed E-state index contributed by atoms with van der Waals surface area (Å²) in [6.45, 7) is 6.34. The van der Waals surface area contributed by atoms with Crippen LogP contribution < -0.4 is 10.6 Å². The molecule has 18 heteroatoms. The van der Waals surface area contributed by atoms with Gasteiger partial charge in [0.1, 0.15) is 8.42 Å². The third-order valence-electron chi connectivity index (χ3n) is 9.40. The summed E-state index contributed by atoms with van der Waals surface area (Å²) in [5.74, 6) is -0.540. The first-order chi connectivity index (χ1) is 24.8. The quantitative estimate of drug-likeness (QED) is 0.0562. The topological polar surface area (TPSA) is 203 Å². The summed E-state index contributed by atoms with van der Waals surface area (Å²) < 4.78 is 69.5. The van der Waals surface area contributed by atoms with Crippen LogP contribution >= 0.6 is 22.7 Å². The van der Waals surface area contributed by atoms with Crippen LogP contribution in [0.3, 0.4) is 0 Å². The van der Waals surface area contributed by atoms with Crippen LogP contribution in [0.15, 0.2) is 20.6 Å². The number of nitrogens with one attached hydrogen (secondary N) is 2. The molecule has 14 nitrogen and oxygen atoms in total. The molecule has 0 fully saturated rings. The van der Waals surface area contributed by atoms with Gasteiger partial charge in [-0.2, -0.15) is 27.0 Å². The molecule has 4 N–H and O–H groups in total. The van der Waals surface area contributed by atoms with Crippen molar-refractivity contribution in [3.63, 3.8) is 0 Å². The maximum atomic E-state index is 13.3. The van der Waals surface area contributed by atoms with Gasteiger partial charge in [-0.05, 0) is 48.9 Å². The van der Waals surface area contributed by atoms with E-state index < -0.39 is 20.2 Å². The van der Waals surface area contributed by atoms with E-state index in [0.717, 1.165) is 130 Å². The zero-order valence-electron chi connectivity index (χ0n) is 29.2. The Labute approximate surface area is 311 Å². The monoisotopic (exact) mass is 792 g/mol. The minimum atomic E-state index is -4.32. The van der Waals surface area contributed by atoms with Gasteiger partial charge in [-0.15, -0.1) is 22.7 Å². The Hall–Kier alpha value is -3.42. The highest BCUT2D eigenvalue weighted by atomic mass is 32.3. The average Bonchev–Trinajstić information content (AvgIpc) is 3.90. The molecule has 4 aromatic heterocycles. The number of aromatic nitrogens is 4. The van der Waals surface area contributed by atoms with Crippen molar-refractivity contribution in [2.24, 2.45) is 0 Å². The summed E-state index contributed by atoms with van der Waals surface area (Å²) in [6.07, 6.45) is 9.71. The number of hydrogen-bond donors (Lipinski definition) is 4. The van der Waals surface area contributed by atoms with Crippen LogP contribution in [-0.2, 0) is 46.2 Å². The fourth-order valence-electron chi connectivity index (χ4n) is 6.83. The number of hydrogen-bond acceptors (Lipinski definition) is 10. The van der Waals surface area contributed by atoms with Crippen LogP contribution in [0.2, 0.25) is 0 Å². The van der Waals surface area contributed by atoms with Gasteiger partial charge in [0.2, 0.25) is 0 Å². The molecule has 0 aromatic carbocycles. The van der Waals surface area contributed by atoms with Crippen molar-refractivity contribution in [2.45, 2.75) is 112 Å². The molecular formula is C34H44N6O8S4. The highest BCUT2D eigenvalue weighted by molar-refractivity contribution is 7.88. The second-order valence-electron chi connectivity index (χ2n) is 13.3. The van der Waals surface area contributed by atoms with Crippen molar-refractivity contribution in [1.82, 2.24) is 30.2 Å². The fourth-order valence-corrected chi connectivity index (χ4v) is 10.7. The Bertz CT molecular complexity index is 2040. The van der Waals surface area contributed by atoms with Crippen molar-refractivity contribution in [3.05, 3.63) is 45.8 Å². The van der Waals surface area contributed by atoms with Gasteiger partial charge < -0.3 is 10.6 Å². The van der Waals surface area contributed by atoms with E-state index in [1.54, 1.807) is 9.36 Å². The molecule has 0 saturated heterocycles. The number of rotatable bonds is 19. The molecule has 4 heterocycles. The molecular weight excluding hydrogens is 749 g/mol. The second-order valence-corrected chi connectivity index (χ2v) is 18.7. The van der Waals surface area contributed by atoms with Gasteiger partial charge in [-0.25, -0.2) is 0 Å². The molecule has 0 bridgehead atoms. The standard InChI is InChI=1S/C34H44N6O8S4/c1-3-5-11-15-39-29-23(17-21-19-25(49-31(21)29)51(43,44)45)27(37-39)33(41)35-13-9-7-8-10-14-36-34(42)28-24-18-22-20-26(52(46,47)48)50-32(22)30(24)40(38-28)16-12-6-4-2/h19-20H,3-18H2,1-2H3,(H,35,41)(H,36,42)(H,43,44,45)(H,46,47,48). The molecule has 4 aromatic rings. The van der Waals surface area contributed by atoms with Gasteiger partial charge >= 0.3 is 20.2 Å². The number of carbonyl (C=O) groups excluding carboxylic acids is 2. The number of thiophene rings is 2. The highest BCUT2D eigenvalue weighted by Gasteiger charge is 2.35. The third kappa shape index (κ3) is 8.06. The van der Waals surface area contributed by atoms with Crippen molar-refractivity contribution in [1.29, 1.82) is 0 Å². The van der Waals surface area contributed by atoms with E-state index in [0.29, 0.717) is 50.4 Å². The van der Waals surface area contributed by atoms with Gasteiger partial charge in [0.25, 0.3) is 11.8 Å². The maximum Gasteiger partial charge on any atom is 0.304 e. The minimum Gasteiger partial charge on any atom is -0.351 e. The molecule has 6 rings (SSSR count). The molecule has 0 radical (unpaired) electrons. The lowest BCUT2D eigenvalue weighted by Gasteiger charge is -2.07. The summed E-state index contributed by atoms with van der Waals surface area (Å²) in [4.78, 5) is 28.0. The Morgan fingerprint density at radius 1 is 0.673 bits per heavy atom. The van der Waals surface area contributed by atoms with E-state index in [1.807, 2.05) is 0 Å². The summed E-state index contributed by atoms with van der Waals surface area (Å²) in [7, 11) is -8.64. The van der Waals surface area contributed by atoms with Gasteiger partial charge in [0.15, 0.2) is 11.4 Å². The molecule has 2 aliphatic carbocycles. The van der Waals surface area contributed by atoms with Crippen LogP contribution in [0.4, 0.5) is 0 Å². The Kier molecular flexibility index (Phi) is 11.7. The van der Waals surface area contributed by atoms with E-state index in [-0.39, 0.29) is 20.2 Å². The lowest BCUT2D eigenvalue weighted by atomic mass is 10.1. The predicted molar refractivity (Wildman–Crippen MR) is 199 cm³/mol. The Balaban J connectivity index is 0.988. The average molecular weight is 793 g/mol. The maximum absolute atomic E-state index is 13.3. The number of fused-ring (bicyclic) bond motifs is 6. The van der Waals surface area contributed by atoms with Gasteiger partial charge in [-0.1, -0.05) is 52.4 Å². The molecule has 0 spiro atoms. The lowest BCUT2D eigenvalue weighted by Crippen LogP contribution is -2.26. The van der Waals surface area contributed by atoms with E-state index >= 15 is 0 Å². The lowest BCUT2D eigenvalue weighted by molar-refractivity contribution is 0.0936. The van der Waals surface area contributed by atoms with Crippen LogP contribution in [0, 0.1) is 0 Å². The normalized spacial score (nSPS) is 13.2. The zero-order valence-corrected chi connectivity index (χ0v) is 32.5. The van der Waals surface area contributed by atoms with Gasteiger partial charge in [0, 0.05) is 50.1 Å². The van der Waals surface area contributed by atoms with Crippen LogP contribution in [0.25, 0.3) is 21.1 Å². The SMILES string of the molecule is CCCCCn1nc(C(=O)NCCCCCCNC(=O)c2nn(CCCCC)c3c2Cc2cc(S(=O)(=O)O)sc2-3)c2c1-c1sc(S(=O)(=O)O)cc1C2. The molecule has 52 heavy (non-hydrogen) atoms. The van der Waals surface area contributed by atoms with Crippen molar-refractivity contribution in [2.75, 3.05) is 13.1 Å². The fraction of sp³-hybridized carbons (Fsp3) is 0.529. The summed E-state index contributed by atoms with van der Waals surface area (Å²) in [6, 6.07) is 2.96. The van der Waals surface area contributed by atoms with Gasteiger partial charge in [0.05, 0.1) is 21.1 Å². The largest absolute Gasteiger partial charge is 0.351 e. The zero-order chi connectivity index (χ0) is 37.2. The first-order valence-corrected chi connectivity index (χ1v) is 22.3. The van der Waals surface area contributed by atoms with E-state index in [9.17, 15) is 35.5 Å². The van der Waals surface area contributed by atoms with E-state index in [2.05, 4.69) is 34.7 Å². The Morgan fingerprint density at radius 2 is 1.08 bits per heavy atom. The second kappa shape index (κ2) is 15.9. The number of aryl methyl sites for hydroxylation is 2. The van der Waals surface area contributed by atoms with E-state index in [4.69, 9.17) is 0 Å². The van der Waals surface area contributed by atoms with Crippen molar-refractivity contribution in [3.8, 4) is 21.1 Å². The number of nitrogens with zero attached hydrogens (tertiary/aromatic N) is 4. The Morgan fingerprint density at radius 3 is 1.44 bits per heavy atom.